The monoisotopic (exact) mass is 546 g/mol. The van der Waals surface area contributed by atoms with Crippen molar-refractivity contribution in [2.24, 2.45) is 0 Å². The van der Waals surface area contributed by atoms with Crippen molar-refractivity contribution in [2.75, 3.05) is 57.5 Å². The average molecular weight is 547 g/mol. The number of hydrogen-bond donors (Lipinski definition) is 2. The Balaban J connectivity index is 1.35. The van der Waals surface area contributed by atoms with Crippen LogP contribution in [0.2, 0.25) is 0 Å². The number of nitrogens with two attached hydrogens (primary N) is 1. The highest BCUT2D eigenvalue weighted by Gasteiger charge is 2.29. The van der Waals surface area contributed by atoms with Crippen LogP contribution >= 0.6 is 0 Å². The molecule has 2 aromatic carbocycles. The van der Waals surface area contributed by atoms with Gasteiger partial charge in [-0.05, 0) is 80.4 Å². The van der Waals surface area contributed by atoms with Gasteiger partial charge in [-0.15, -0.1) is 0 Å². The van der Waals surface area contributed by atoms with E-state index in [1.54, 1.807) is 12.1 Å². The minimum absolute atomic E-state index is 0.0881. The van der Waals surface area contributed by atoms with Crippen LogP contribution in [-0.4, -0.2) is 73.6 Å². The average Bonchev–Trinajstić information content (AvgIpc) is 2.89. The molecule has 3 aromatic rings. The lowest BCUT2D eigenvalue weighted by molar-refractivity contribution is 0.0945. The maximum Gasteiger partial charge on any atom is 0.251 e. The van der Waals surface area contributed by atoms with Gasteiger partial charge in [0.25, 0.3) is 5.91 Å². The molecule has 0 atom stereocenters. The second kappa shape index (κ2) is 10.8. The number of anilines is 2. The van der Waals surface area contributed by atoms with Gasteiger partial charge in [0.2, 0.25) is 5.95 Å². The van der Waals surface area contributed by atoms with Gasteiger partial charge >= 0.3 is 0 Å². The third kappa shape index (κ3) is 5.04. The minimum Gasteiger partial charge on any atom is -0.383 e. The van der Waals surface area contributed by atoms with Crippen molar-refractivity contribution in [3.8, 4) is 22.3 Å². The van der Waals surface area contributed by atoms with Gasteiger partial charge in [0.1, 0.15) is 11.6 Å². The molecular formula is C31H36F2N6O. The number of carbonyl (C=O) groups excluding carboxylic acids is 1. The second-order valence-electron chi connectivity index (χ2n) is 11.4. The minimum atomic E-state index is -0.698. The Bertz CT molecular complexity index is 1450. The maximum atomic E-state index is 15.3. The van der Waals surface area contributed by atoms with Crippen molar-refractivity contribution < 1.29 is 13.6 Å². The lowest BCUT2D eigenvalue weighted by atomic mass is 9.91. The summed E-state index contributed by atoms with van der Waals surface area (Å²) in [6.45, 7) is 5.23. The summed E-state index contributed by atoms with van der Waals surface area (Å²) < 4.78 is 30.5. The first-order chi connectivity index (χ1) is 19.3. The molecule has 2 fully saturated rings. The number of nitrogens with one attached hydrogen (secondary N) is 1. The molecule has 1 amide bonds. The van der Waals surface area contributed by atoms with Gasteiger partial charge in [0, 0.05) is 73.3 Å². The van der Waals surface area contributed by atoms with Crippen LogP contribution in [0.4, 0.5) is 20.3 Å². The standard InChI is InChI=1S/C31H36F2N6O/c1-37(2)18-21-14-19(6-7-28(21)39-12-10-38(11-13-39)22-4-3-5-22)23-16-26(30(34)36-29(23)33)25-15-20-8-9-35-31(40)24(20)17-27(25)32/h6-7,14-17,22H,3-5,8-13,18H2,1-2H3,(H2,34,36)(H,35,40). The predicted octanol–water partition coefficient (Wildman–Crippen LogP) is 4.30. The smallest absolute Gasteiger partial charge is 0.251 e. The number of nitrogen functional groups attached to an aromatic ring is 1. The summed E-state index contributed by atoms with van der Waals surface area (Å²) in [5.74, 6) is -1.67. The van der Waals surface area contributed by atoms with Gasteiger partial charge in [0.15, 0.2) is 0 Å². The Morgan fingerprint density at radius 3 is 2.48 bits per heavy atom. The number of pyridine rings is 1. The zero-order valence-electron chi connectivity index (χ0n) is 23.1. The summed E-state index contributed by atoms with van der Waals surface area (Å²) in [6, 6.07) is 11.2. The molecule has 0 bridgehead atoms. The molecule has 0 radical (unpaired) electrons. The molecule has 3 heterocycles. The number of aromatic nitrogens is 1. The highest BCUT2D eigenvalue weighted by molar-refractivity contribution is 5.97. The quantitative estimate of drug-likeness (QED) is 0.449. The third-order valence-corrected chi connectivity index (χ3v) is 8.54. The van der Waals surface area contributed by atoms with Gasteiger partial charge in [-0.25, -0.2) is 9.37 Å². The van der Waals surface area contributed by atoms with Crippen LogP contribution in [0.5, 0.6) is 0 Å². The fourth-order valence-electron chi connectivity index (χ4n) is 6.18. The van der Waals surface area contributed by atoms with Crippen LogP contribution in [0.3, 0.4) is 0 Å². The molecule has 1 saturated heterocycles. The van der Waals surface area contributed by atoms with E-state index in [-0.39, 0.29) is 22.9 Å². The molecule has 9 heteroatoms. The number of fused-ring (bicyclic) bond motifs is 1. The van der Waals surface area contributed by atoms with E-state index in [9.17, 15) is 4.79 Å². The van der Waals surface area contributed by atoms with E-state index in [0.717, 1.165) is 49.0 Å². The van der Waals surface area contributed by atoms with Crippen molar-refractivity contribution in [3.05, 3.63) is 64.9 Å². The molecular weight excluding hydrogens is 510 g/mol. The summed E-state index contributed by atoms with van der Waals surface area (Å²) in [4.78, 5) is 23.3. The first-order valence-electron chi connectivity index (χ1n) is 14.1. The normalized spacial score (nSPS) is 18.0. The number of benzene rings is 2. The highest BCUT2D eigenvalue weighted by atomic mass is 19.1. The molecule has 0 spiro atoms. The van der Waals surface area contributed by atoms with Gasteiger partial charge in [-0.1, -0.05) is 12.5 Å². The Morgan fingerprint density at radius 2 is 1.77 bits per heavy atom. The van der Waals surface area contributed by atoms with Gasteiger partial charge in [-0.2, -0.15) is 4.39 Å². The largest absolute Gasteiger partial charge is 0.383 e. The first kappa shape index (κ1) is 26.7. The van der Waals surface area contributed by atoms with Crippen LogP contribution in [0, 0.1) is 11.8 Å². The van der Waals surface area contributed by atoms with E-state index in [0.29, 0.717) is 36.2 Å². The number of halogens is 2. The molecule has 3 N–H and O–H groups in total. The fourth-order valence-corrected chi connectivity index (χ4v) is 6.18. The molecule has 2 aliphatic heterocycles. The summed E-state index contributed by atoms with van der Waals surface area (Å²) in [5.41, 5.74) is 10.9. The van der Waals surface area contributed by atoms with Crippen LogP contribution in [0.15, 0.2) is 36.4 Å². The number of amides is 1. The first-order valence-corrected chi connectivity index (χ1v) is 14.1. The SMILES string of the molecule is CN(C)Cc1cc(-c2cc(-c3cc4c(cc3F)C(=O)NCC4)c(N)nc2F)ccc1N1CCN(C2CCC2)CC1. The Morgan fingerprint density at radius 1 is 1.00 bits per heavy atom. The zero-order valence-corrected chi connectivity index (χ0v) is 23.1. The number of piperazine rings is 1. The van der Waals surface area contributed by atoms with E-state index in [4.69, 9.17) is 5.73 Å². The molecule has 3 aliphatic rings. The van der Waals surface area contributed by atoms with Crippen LogP contribution < -0.4 is 16.0 Å². The lowest BCUT2D eigenvalue weighted by Crippen LogP contribution is -2.52. The van der Waals surface area contributed by atoms with E-state index >= 15 is 8.78 Å². The van der Waals surface area contributed by atoms with Gasteiger partial charge < -0.3 is 20.9 Å². The molecule has 1 saturated carbocycles. The molecule has 7 nitrogen and oxygen atoms in total. The van der Waals surface area contributed by atoms with Crippen molar-refractivity contribution in [2.45, 2.75) is 38.3 Å². The lowest BCUT2D eigenvalue weighted by Gasteiger charge is -2.44. The van der Waals surface area contributed by atoms with E-state index < -0.39 is 11.8 Å². The Hall–Kier alpha value is -3.56. The number of carbonyl (C=O) groups is 1. The van der Waals surface area contributed by atoms with Crippen LogP contribution in [-0.2, 0) is 13.0 Å². The van der Waals surface area contributed by atoms with E-state index in [2.05, 4.69) is 31.1 Å². The highest BCUT2D eigenvalue weighted by Crippen LogP contribution is 2.37. The third-order valence-electron chi connectivity index (χ3n) is 8.54. The van der Waals surface area contributed by atoms with Crippen molar-refractivity contribution in [1.29, 1.82) is 0 Å². The second-order valence-corrected chi connectivity index (χ2v) is 11.4. The van der Waals surface area contributed by atoms with Gasteiger partial charge in [0.05, 0.1) is 0 Å². The molecule has 1 aromatic heterocycles. The van der Waals surface area contributed by atoms with Crippen LogP contribution in [0.25, 0.3) is 22.3 Å². The summed E-state index contributed by atoms with van der Waals surface area (Å²) in [6.07, 6.45) is 4.55. The summed E-state index contributed by atoms with van der Waals surface area (Å²) >= 11 is 0. The molecule has 1 aliphatic carbocycles. The number of rotatable bonds is 6. The fraction of sp³-hybridized carbons (Fsp3) is 0.419. The summed E-state index contributed by atoms with van der Waals surface area (Å²) in [7, 11) is 4.04. The van der Waals surface area contributed by atoms with Crippen molar-refractivity contribution >= 4 is 17.4 Å². The van der Waals surface area contributed by atoms with Crippen LogP contribution in [0.1, 0.15) is 40.7 Å². The Labute approximate surface area is 234 Å². The molecule has 6 rings (SSSR count). The van der Waals surface area contributed by atoms with Crippen molar-refractivity contribution in [1.82, 2.24) is 20.1 Å². The zero-order chi connectivity index (χ0) is 28.0. The molecule has 210 valence electrons. The maximum absolute atomic E-state index is 15.3. The summed E-state index contributed by atoms with van der Waals surface area (Å²) in [5, 5.41) is 2.73. The van der Waals surface area contributed by atoms with Crippen molar-refractivity contribution in [3.63, 3.8) is 0 Å². The predicted molar refractivity (Wildman–Crippen MR) is 154 cm³/mol. The van der Waals surface area contributed by atoms with E-state index in [1.807, 2.05) is 26.2 Å². The topological polar surface area (TPSA) is 77.7 Å². The Kier molecular flexibility index (Phi) is 7.18. The molecule has 40 heavy (non-hydrogen) atoms. The van der Waals surface area contributed by atoms with E-state index in [1.165, 1.54) is 25.3 Å². The van der Waals surface area contributed by atoms with Gasteiger partial charge in [-0.3, -0.25) is 9.69 Å². The molecule has 0 unspecified atom stereocenters. The number of nitrogens with zero attached hydrogens (tertiary/aromatic N) is 4. The number of hydrogen-bond acceptors (Lipinski definition) is 6.